The third kappa shape index (κ3) is 3.05. The second kappa shape index (κ2) is 6.23. The Kier molecular flexibility index (Phi) is 4.38. The molecule has 1 aromatic carbocycles. The molecule has 130 valence electrons. The van der Waals surface area contributed by atoms with Gasteiger partial charge in [-0.2, -0.15) is 18.4 Å². The smallest absolute Gasteiger partial charge is 0.361 e. The van der Waals surface area contributed by atoms with Gasteiger partial charge in [-0.15, -0.1) is 0 Å². The quantitative estimate of drug-likeness (QED) is 0.773. The summed E-state index contributed by atoms with van der Waals surface area (Å²) in [6, 6.07) is 5.12. The van der Waals surface area contributed by atoms with Gasteiger partial charge in [-0.3, -0.25) is 4.79 Å². The summed E-state index contributed by atoms with van der Waals surface area (Å²) in [6.07, 6.45) is -2.79. The van der Waals surface area contributed by atoms with Crippen LogP contribution in [0.15, 0.2) is 40.7 Å². The van der Waals surface area contributed by atoms with Gasteiger partial charge >= 0.3 is 6.18 Å². The molecule has 1 aliphatic heterocycles. The molecule has 0 amide bonds. The predicted molar refractivity (Wildman–Crippen MR) is 86.5 cm³/mol. The van der Waals surface area contributed by atoms with Crippen LogP contribution in [-0.2, 0) is 11.0 Å². The van der Waals surface area contributed by atoms with Crippen molar-refractivity contribution in [3.63, 3.8) is 0 Å². The number of hydrogen-bond acceptors (Lipinski definition) is 3. The predicted octanol–water partition coefficient (Wildman–Crippen LogP) is 4.85. The fourth-order valence-corrected chi connectivity index (χ4v) is 3.67. The van der Waals surface area contributed by atoms with Gasteiger partial charge in [0.2, 0.25) is 0 Å². The highest BCUT2D eigenvalue weighted by Crippen LogP contribution is 2.44. The molecule has 1 aromatic rings. The van der Waals surface area contributed by atoms with E-state index in [1.165, 1.54) is 6.07 Å². The van der Waals surface area contributed by atoms with Crippen LogP contribution in [0.4, 0.5) is 13.2 Å². The minimum Gasteiger partial charge on any atom is -0.361 e. The van der Waals surface area contributed by atoms with Gasteiger partial charge in [0, 0.05) is 28.4 Å². The Bertz CT molecular complexity index is 862. The van der Waals surface area contributed by atoms with Crippen molar-refractivity contribution in [2.75, 3.05) is 0 Å². The number of carbonyl (C=O) groups excluding carboxylic acids is 1. The molecular weight excluding hydrogens is 353 g/mol. The molecule has 1 N–H and O–H groups in total. The molecule has 1 aliphatic carbocycles. The van der Waals surface area contributed by atoms with Gasteiger partial charge in [-0.25, -0.2) is 0 Å². The molecule has 3 nitrogen and oxygen atoms in total. The van der Waals surface area contributed by atoms with Gasteiger partial charge in [-0.1, -0.05) is 17.7 Å². The molecular formula is C18H14ClF3N2O. The fraction of sp³-hybridized carbons (Fsp3) is 0.333. The first kappa shape index (κ1) is 17.6. The van der Waals surface area contributed by atoms with E-state index in [1.807, 2.05) is 0 Å². The van der Waals surface area contributed by atoms with E-state index in [1.54, 1.807) is 6.92 Å². The van der Waals surface area contributed by atoms with Crippen molar-refractivity contribution < 1.29 is 18.0 Å². The van der Waals surface area contributed by atoms with Crippen molar-refractivity contribution in [3.8, 4) is 6.07 Å². The third-order valence-electron chi connectivity index (χ3n) is 4.54. The van der Waals surface area contributed by atoms with Gasteiger partial charge < -0.3 is 5.32 Å². The molecule has 0 unspecified atom stereocenters. The van der Waals surface area contributed by atoms with Crippen molar-refractivity contribution in [1.29, 1.82) is 5.26 Å². The Labute approximate surface area is 147 Å². The van der Waals surface area contributed by atoms with Crippen molar-refractivity contribution in [1.82, 2.24) is 5.32 Å². The summed E-state index contributed by atoms with van der Waals surface area (Å²) in [5, 5.41) is 12.5. The SMILES string of the molecule is CC1=C(C#N)[C@H](c2ccc(C(F)(F)F)cc2Cl)C2=C(CCCC2=O)N1. The van der Waals surface area contributed by atoms with Gasteiger partial charge in [0.15, 0.2) is 5.78 Å². The molecule has 0 fully saturated rings. The Morgan fingerprint density at radius 1 is 1.32 bits per heavy atom. The lowest BCUT2D eigenvalue weighted by molar-refractivity contribution is -0.137. The maximum Gasteiger partial charge on any atom is 0.416 e. The molecule has 1 atom stereocenters. The van der Waals surface area contributed by atoms with E-state index < -0.39 is 17.7 Å². The molecule has 25 heavy (non-hydrogen) atoms. The van der Waals surface area contributed by atoms with Crippen molar-refractivity contribution >= 4 is 17.4 Å². The minimum absolute atomic E-state index is 0.102. The van der Waals surface area contributed by atoms with Crippen LogP contribution >= 0.6 is 11.6 Å². The lowest BCUT2D eigenvalue weighted by Gasteiger charge is -2.33. The number of alkyl halides is 3. The van der Waals surface area contributed by atoms with Crippen LogP contribution in [0, 0.1) is 11.3 Å². The number of ketones is 1. The fourth-order valence-electron chi connectivity index (χ4n) is 3.38. The third-order valence-corrected chi connectivity index (χ3v) is 4.86. The van der Waals surface area contributed by atoms with E-state index in [9.17, 15) is 23.2 Å². The summed E-state index contributed by atoms with van der Waals surface area (Å²) in [5.74, 6) is -0.834. The number of halogens is 4. The molecule has 0 saturated heterocycles. The molecule has 2 aliphatic rings. The van der Waals surface area contributed by atoms with Gasteiger partial charge in [0.1, 0.15) is 0 Å². The van der Waals surface area contributed by atoms with Crippen LogP contribution in [0.5, 0.6) is 0 Å². The largest absolute Gasteiger partial charge is 0.416 e. The van der Waals surface area contributed by atoms with E-state index in [0.717, 1.165) is 17.8 Å². The number of dihydropyridines is 1. The summed E-state index contributed by atoms with van der Waals surface area (Å²) >= 11 is 6.13. The van der Waals surface area contributed by atoms with E-state index in [4.69, 9.17) is 11.6 Å². The zero-order valence-corrected chi connectivity index (χ0v) is 14.1. The highest BCUT2D eigenvalue weighted by atomic mass is 35.5. The topological polar surface area (TPSA) is 52.9 Å². The normalized spacial score (nSPS) is 21.0. The minimum atomic E-state index is -4.51. The maximum absolute atomic E-state index is 12.9. The standard InChI is InChI=1S/C18H14ClF3N2O/c1-9-12(8-23)16(17-14(24-9)3-2-4-15(17)25)11-6-5-10(7-13(11)19)18(20,21)22/h5-7,16,24H,2-4H2,1H3/t16-/m0/s1. The monoisotopic (exact) mass is 366 g/mol. The highest BCUT2D eigenvalue weighted by molar-refractivity contribution is 6.31. The van der Waals surface area contributed by atoms with Crippen molar-refractivity contribution in [2.24, 2.45) is 0 Å². The van der Waals surface area contributed by atoms with Crippen molar-refractivity contribution in [2.45, 2.75) is 38.3 Å². The number of nitriles is 1. The van der Waals surface area contributed by atoms with Crippen LogP contribution in [0.2, 0.25) is 5.02 Å². The maximum atomic E-state index is 12.9. The lowest BCUT2D eigenvalue weighted by Crippen LogP contribution is -2.31. The summed E-state index contributed by atoms with van der Waals surface area (Å²) < 4.78 is 38.7. The molecule has 0 saturated carbocycles. The van der Waals surface area contributed by atoms with Gasteiger partial charge in [0.05, 0.1) is 23.1 Å². The molecule has 7 heteroatoms. The number of carbonyl (C=O) groups is 1. The summed E-state index contributed by atoms with van der Waals surface area (Å²) in [7, 11) is 0. The summed E-state index contributed by atoms with van der Waals surface area (Å²) in [4.78, 5) is 12.5. The van der Waals surface area contributed by atoms with E-state index >= 15 is 0 Å². The second-order valence-corrected chi connectivity index (χ2v) is 6.52. The number of benzene rings is 1. The average molecular weight is 367 g/mol. The van der Waals surface area contributed by atoms with Crippen LogP contribution in [0.25, 0.3) is 0 Å². The Morgan fingerprint density at radius 3 is 2.64 bits per heavy atom. The summed E-state index contributed by atoms with van der Waals surface area (Å²) in [5.41, 5.74) is 1.55. The number of nitrogens with one attached hydrogen (secondary N) is 1. The Balaban J connectivity index is 2.18. The zero-order valence-electron chi connectivity index (χ0n) is 13.3. The summed E-state index contributed by atoms with van der Waals surface area (Å²) in [6.45, 7) is 1.71. The van der Waals surface area contributed by atoms with E-state index in [0.29, 0.717) is 41.7 Å². The van der Waals surface area contributed by atoms with Gasteiger partial charge in [-0.05, 0) is 37.5 Å². The zero-order chi connectivity index (χ0) is 18.4. The first-order chi connectivity index (χ1) is 11.7. The molecule has 0 aromatic heterocycles. The van der Waals surface area contributed by atoms with Crippen LogP contribution in [-0.4, -0.2) is 5.78 Å². The number of allylic oxidation sites excluding steroid dienone is 4. The van der Waals surface area contributed by atoms with E-state index in [2.05, 4.69) is 11.4 Å². The van der Waals surface area contributed by atoms with Gasteiger partial charge in [0.25, 0.3) is 0 Å². The molecule has 0 bridgehead atoms. The van der Waals surface area contributed by atoms with Crippen LogP contribution in [0.3, 0.4) is 0 Å². The second-order valence-electron chi connectivity index (χ2n) is 6.11. The Hall–Kier alpha value is -2.26. The van der Waals surface area contributed by atoms with Crippen LogP contribution in [0.1, 0.15) is 43.2 Å². The van der Waals surface area contributed by atoms with E-state index in [-0.39, 0.29) is 10.8 Å². The molecule has 1 heterocycles. The lowest BCUT2D eigenvalue weighted by atomic mass is 9.75. The molecule has 3 rings (SSSR count). The number of Topliss-reactive ketones (excluding diaryl/α,β-unsaturated/α-hetero) is 1. The van der Waals surface area contributed by atoms with Crippen molar-refractivity contribution in [3.05, 3.63) is 56.9 Å². The number of hydrogen-bond donors (Lipinski definition) is 1. The molecule has 0 radical (unpaired) electrons. The average Bonchev–Trinajstić information content (AvgIpc) is 2.53. The first-order valence-corrected chi connectivity index (χ1v) is 8.12. The van der Waals surface area contributed by atoms with Crippen LogP contribution < -0.4 is 5.32 Å². The highest BCUT2D eigenvalue weighted by Gasteiger charge is 2.38. The molecule has 0 spiro atoms. The number of nitrogens with zero attached hydrogens (tertiary/aromatic N) is 1. The number of rotatable bonds is 1. The first-order valence-electron chi connectivity index (χ1n) is 7.74. The Morgan fingerprint density at radius 2 is 2.04 bits per heavy atom.